The number of unbranched alkanes of at least 4 members (excludes halogenated alkanes) is 1. The molecule has 2 aromatic rings. The molecule has 124 valence electrons. The van der Waals surface area contributed by atoms with Gasteiger partial charge < -0.3 is 9.80 Å². The fourth-order valence-corrected chi connectivity index (χ4v) is 4.01. The predicted octanol–water partition coefficient (Wildman–Crippen LogP) is 3.38. The highest BCUT2D eigenvalue weighted by Crippen LogP contribution is 2.37. The molecule has 4 heteroatoms. The van der Waals surface area contributed by atoms with Crippen molar-refractivity contribution in [3.05, 3.63) is 48.7 Å². The molecule has 0 spiro atoms. The largest absolute Gasteiger partial charge is 0.364 e. The first kappa shape index (κ1) is 15.2. The maximum Gasteiger partial charge on any atom is 0.246 e. The van der Waals surface area contributed by atoms with Crippen molar-refractivity contribution < 1.29 is 4.79 Å². The lowest BCUT2D eigenvalue weighted by molar-refractivity contribution is -0.127. The Morgan fingerprint density at radius 1 is 1.25 bits per heavy atom. The molecule has 4 nitrogen and oxygen atoms in total. The molecule has 1 aromatic heterocycles. The smallest absolute Gasteiger partial charge is 0.246 e. The lowest BCUT2D eigenvalue weighted by atomic mass is 10.1. The second kappa shape index (κ2) is 6.27. The van der Waals surface area contributed by atoms with Crippen molar-refractivity contribution in [1.29, 1.82) is 0 Å². The third-order valence-electron chi connectivity index (χ3n) is 5.17. The van der Waals surface area contributed by atoms with Crippen LogP contribution in [0, 0.1) is 0 Å². The predicted molar refractivity (Wildman–Crippen MR) is 97.0 cm³/mol. The summed E-state index contributed by atoms with van der Waals surface area (Å²) >= 11 is 0. The fraction of sp³-hybridized carbons (Fsp3) is 0.400. The number of benzene rings is 1. The Morgan fingerprint density at radius 3 is 2.92 bits per heavy atom. The van der Waals surface area contributed by atoms with Gasteiger partial charge in [0, 0.05) is 36.4 Å². The second-order valence-electron chi connectivity index (χ2n) is 6.72. The summed E-state index contributed by atoms with van der Waals surface area (Å²) in [6.45, 7) is 3.88. The third-order valence-corrected chi connectivity index (χ3v) is 5.17. The van der Waals surface area contributed by atoms with Crippen molar-refractivity contribution in [2.24, 2.45) is 0 Å². The zero-order chi connectivity index (χ0) is 16.5. The van der Waals surface area contributed by atoms with E-state index in [9.17, 15) is 4.79 Å². The monoisotopic (exact) mass is 321 g/mol. The maximum absolute atomic E-state index is 12.4. The van der Waals surface area contributed by atoms with Crippen LogP contribution in [-0.4, -0.2) is 41.0 Å². The summed E-state index contributed by atoms with van der Waals surface area (Å²) in [6, 6.07) is 11.1. The first-order chi connectivity index (χ1) is 11.8. The van der Waals surface area contributed by atoms with E-state index in [0.29, 0.717) is 12.1 Å². The third kappa shape index (κ3) is 2.56. The van der Waals surface area contributed by atoms with Gasteiger partial charge in [-0.2, -0.15) is 0 Å². The number of likely N-dealkylation sites (tertiary alicyclic amines) is 1. The molecule has 2 atom stereocenters. The summed E-state index contributed by atoms with van der Waals surface area (Å²) in [4.78, 5) is 21.4. The average molecular weight is 321 g/mol. The zero-order valence-corrected chi connectivity index (χ0v) is 14.1. The number of nitrogens with zero attached hydrogens (tertiary/aromatic N) is 3. The zero-order valence-electron chi connectivity index (χ0n) is 14.1. The van der Waals surface area contributed by atoms with Crippen LogP contribution in [0.1, 0.15) is 26.2 Å². The number of anilines is 1. The van der Waals surface area contributed by atoms with Crippen LogP contribution in [0.5, 0.6) is 0 Å². The fourth-order valence-electron chi connectivity index (χ4n) is 4.01. The van der Waals surface area contributed by atoms with Gasteiger partial charge in [-0.1, -0.05) is 37.6 Å². The van der Waals surface area contributed by atoms with Gasteiger partial charge in [-0.25, -0.2) is 0 Å². The number of hydrogen-bond acceptors (Lipinski definition) is 3. The van der Waals surface area contributed by atoms with E-state index in [0.717, 1.165) is 37.9 Å². The van der Waals surface area contributed by atoms with E-state index in [4.69, 9.17) is 0 Å². The molecule has 2 aliphatic heterocycles. The Labute approximate surface area is 142 Å². The minimum atomic E-state index is 0.176. The van der Waals surface area contributed by atoms with Gasteiger partial charge in [0.25, 0.3) is 0 Å². The summed E-state index contributed by atoms with van der Waals surface area (Å²) in [5, 5.41) is 1.20. The summed E-state index contributed by atoms with van der Waals surface area (Å²) in [7, 11) is 0. The van der Waals surface area contributed by atoms with E-state index in [-0.39, 0.29) is 5.91 Å². The molecule has 2 aliphatic rings. The van der Waals surface area contributed by atoms with Crippen molar-refractivity contribution in [2.75, 3.05) is 18.0 Å². The number of aromatic nitrogens is 1. The Balaban J connectivity index is 1.53. The number of amides is 1. The number of rotatable bonds is 4. The Kier molecular flexibility index (Phi) is 3.97. The van der Waals surface area contributed by atoms with Crippen molar-refractivity contribution in [2.45, 2.75) is 38.3 Å². The summed E-state index contributed by atoms with van der Waals surface area (Å²) in [5.74, 6) is 0.176. The van der Waals surface area contributed by atoms with E-state index in [1.54, 1.807) is 6.08 Å². The molecule has 1 amide bonds. The minimum absolute atomic E-state index is 0.176. The van der Waals surface area contributed by atoms with E-state index < -0.39 is 0 Å². The first-order valence-electron chi connectivity index (χ1n) is 8.85. The van der Waals surface area contributed by atoms with Crippen LogP contribution in [0.3, 0.4) is 0 Å². The molecule has 2 bridgehead atoms. The molecule has 0 aliphatic carbocycles. The maximum atomic E-state index is 12.4. The molecule has 2 fully saturated rings. The van der Waals surface area contributed by atoms with Crippen molar-refractivity contribution in [3.8, 4) is 0 Å². The highest BCUT2D eigenvalue weighted by atomic mass is 16.2. The Morgan fingerprint density at radius 2 is 2.12 bits per heavy atom. The normalized spacial score (nSPS) is 22.9. The summed E-state index contributed by atoms with van der Waals surface area (Å²) in [5.41, 5.74) is 2.29. The molecule has 2 saturated heterocycles. The van der Waals surface area contributed by atoms with Crippen LogP contribution in [-0.2, 0) is 4.79 Å². The molecule has 4 rings (SSSR count). The van der Waals surface area contributed by atoms with Crippen molar-refractivity contribution in [1.82, 2.24) is 9.88 Å². The first-order valence-corrected chi connectivity index (χ1v) is 8.85. The number of hydrogen-bond donors (Lipinski definition) is 0. The standard InChI is InChI=1S/C20H23N3O/c1-2-3-4-9-20(24)23-14-15-12-16(23)13-22(15)19-10-11-21-18-8-6-5-7-17(18)19/h4-11,15-16H,2-3,12-14H2,1H3/t15-,16-/m0/s1. The molecule has 24 heavy (non-hydrogen) atoms. The van der Waals surface area contributed by atoms with Gasteiger partial charge in [0.05, 0.1) is 11.6 Å². The number of carbonyl (C=O) groups excluding carboxylic acids is 1. The number of carbonyl (C=O) groups is 1. The quantitative estimate of drug-likeness (QED) is 0.810. The van der Waals surface area contributed by atoms with E-state index in [1.165, 1.54) is 11.1 Å². The van der Waals surface area contributed by atoms with Gasteiger partial charge >= 0.3 is 0 Å². The lowest BCUT2D eigenvalue weighted by Crippen LogP contribution is -2.48. The van der Waals surface area contributed by atoms with E-state index in [1.807, 2.05) is 18.3 Å². The topological polar surface area (TPSA) is 36.4 Å². The van der Waals surface area contributed by atoms with Crippen LogP contribution in [0.25, 0.3) is 10.9 Å². The molecule has 0 unspecified atom stereocenters. The van der Waals surface area contributed by atoms with Crippen LogP contribution in [0.4, 0.5) is 5.69 Å². The van der Waals surface area contributed by atoms with Gasteiger partial charge in [-0.05, 0) is 31.1 Å². The Bertz CT molecular complexity index is 780. The highest BCUT2D eigenvalue weighted by Gasteiger charge is 2.45. The van der Waals surface area contributed by atoms with Crippen LogP contribution in [0.2, 0.25) is 0 Å². The molecule has 1 aromatic carbocycles. The van der Waals surface area contributed by atoms with Gasteiger partial charge in [-0.3, -0.25) is 9.78 Å². The lowest BCUT2D eigenvalue weighted by Gasteiger charge is -2.35. The minimum Gasteiger partial charge on any atom is -0.364 e. The molecule has 0 radical (unpaired) electrons. The molecule has 0 N–H and O–H groups in total. The number of pyridine rings is 1. The van der Waals surface area contributed by atoms with Crippen LogP contribution in [0.15, 0.2) is 48.7 Å². The van der Waals surface area contributed by atoms with Gasteiger partial charge in [0.2, 0.25) is 5.91 Å². The van der Waals surface area contributed by atoms with Gasteiger partial charge in [0.1, 0.15) is 0 Å². The van der Waals surface area contributed by atoms with Gasteiger partial charge in [0.15, 0.2) is 0 Å². The van der Waals surface area contributed by atoms with Crippen LogP contribution >= 0.6 is 0 Å². The highest BCUT2D eigenvalue weighted by molar-refractivity contribution is 5.92. The van der Waals surface area contributed by atoms with E-state index in [2.05, 4.69) is 46.0 Å². The van der Waals surface area contributed by atoms with Gasteiger partial charge in [-0.15, -0.1) is 0 Å². The molecular weight excluding hydrogens is 298 g/mol. The Hall–Kier alpha value is -2.36. The van der Waals surface area contributed by atoms with Crippen molar-refractivity contribution >= 4 is 22.5 Å². The molecule has 0 saturated carbocycles. The number of para-hydroxylation sites is 1. The van der Waals surface area contributed by atoms with Crippen molar-refractivity contribution in [3.63, 3.8) is 0 Å². The SMILES string of the molecule is CCCC=CC(=O)N1C[C@@H]2C[C@H]1CN2c1ccnc2ccccc12. The average Bonchev–Trinajstić information content (AvgIpc) is 3.22. The summed E-state index contributed by atoms with van der Waals surface area (Å²) in [6.07, 6.45) is 8.78. The number of piperazine rings is 1. The van der Waals surface area contributed by atoms with Crippen LogP contribution < -0.4 is 4.90 Å². The summed E-state index contributed by atoms with van der Waals surface area (Å²) < 4.78 is 0. The molecule has 3 heterocycles. The number of allylic oxidation sites excluding steroid dienone is 1. The number of fused-ring (bicyclic) bond motifs is 3. The molecular formula is C20H23N3O. The van der Waals surface area contributed by atoms with E-state index >= 15 is 0 Å². The second-order valence-corrected chi connectivity index (χ2v) is 6.72.